The van der Waals surface area contributed by atoms with E-state index < -0.39 is 0 Å². The predicted molar refractivity (Wildman–Crippen MR) is 79.2 cm³/mol. The molecular formula is C16H25N3. The zero-order valence-electron chi connectivity index (χ0n) is 11.9. The van der Waals surface area contributed by atoms with Crippen molar-refractivity contribution in [1.29, 1.82) is 0 Å². The van der Waals surface area contributed by atoms with Crippen LogP contribution in [0.2, 0.25) is 0 Å². The molecule has 3 heteroatoms. The molecule has 3 rings (SSSR count). The molecule has 0 radical (unpaired) electrons. The van der Waals surface area contributed by atoms with Gasteiger partial charge in [-0.2, -0.15) is 0 Å². The Labute approximate surface area is 116 Å². The molecule has 1 aromatic rings. The first kappa shape index (κ1) is 12.9. The Morgan fingerprint density at radius 3 is 2.89 bits per heavy atom. The number of nitrogens with zero attached hydrogens (tertiary/aromatic N) is 2. The summed E-state index contributed by atoms with van der Waals surface area (Å²) in [7, 11) is 0. The third-order valence-electron chi connectivity index (χ3n) is 4.93. The van der Waals surface area contributed by atoms with Crippen molar-refractivity contribution in [2.75, 3.05) is 11.4 Å². The summed E-state index contributed by atoms with van der Waals surface area (Å²) in [6.07, 6.45) is 9.94. The van der Waals surface area contributed by atoms with Gasteiger partial charge in [0.05, 0.1) is 17.6 Å². The smallest absolute Gasteiger partial charge is 0.0572 e. The Bertz CT molecular complexity index is 415. The average Bonchev–Trinajstić information content (AvgIpc) is 2.90. The van der Waals surface area contributed by atoms with Crippen LogP contribution in [-0.2, 0) is 0 Å². The fourth-order valence-corrected chi connectivity index (χ4v) is 3.72. The van der Waals surface area contributed by atoms with Crippen LogP contribution in [0.25, 0.3) is 0 Å². The number of fused-ring (bicyclic) bond motifs is 1. The van der Waals surface area contributed by atoms with Crippen LogP contribution < -0.4 is 10.6 Å². The van der Waals surface area contributed by atoms with Crippen LogP contribution in [0.4, 0.5) is 5.69 Å². The monoisotopic (exact) mass is 259 g/mol. The largest absolute Gasteiger partial charge is 0.367 e. The summed E-state index contributed by atoms with van der Waals surface area (Å²) >= 11 is 0. The lowest BCUT2D eigenvalue weighted by Crippen LogP contribution is -2.34. The Hall–Kier alpha value is -1.09. The SMILES string of the molecule is CCC(N)c1ccc(N2CCC3CCCCC32)cn1. The van der Waals surface area contributed by atoms with Gasteiger partial charge in [-0.05, 0) is 43.7 Å². The molecule has 1 saturated carbocycles. The Balaban J connectivity index is 1.75. The Morgan fingerprint density at radius 1 is 1.32 bits per heavy atom. The van der Waals surface area contributed by atoms with Gasteiger partial charge < -0.3 is 10.6 Å². The summed E-state index contributed by atoms with van der Waals surface area (Å²) in [6, 6.07) is 5.17. The van der Waals surface area contributed by atoms with Crippen molar-refractivity contribution < 1.29 is 0 Å². The van der Waals surface area contributed by atoms with Gasteiger partial charge in [0.2, 0.25) is 0 Å². The van der Waals surface area contributed by atoms with E-state index >= 15 is 0 Å². The van der Waals surface area contributed by atoms with Crippen LogP contribution in [0.3, 0.4) is 0 Å². The number of hydrogen-bond donors (Lipinski definition) is 1. The van der Waals surface area contributed by atoms with Gasteiger partial charge in [-0.15, -0.1) is 0 Å². The molecule has 1 aliphatic heterocycles. The van der Waals surface area contributed by atoms with Crippen molar-refractivity contribution in [1.82, 2.24) is 4.98 Å². The van der Waals surface area contributed by atoms with E-state index in [0.717, 1.165) is 24.1 Å². The highest BCUT2D eigenvalue weighted by molar-refractivity contribution is 5.47. The van der Waals surface area contributed by atoms with Gasteiger partial charge in [0, 0.05) is 18.6 Å². The fraction of sp³-hybridized carbons (Fsp3) is 0.688. The fourth-order valence-electron chi connectivity index (χ4n) is 3.72. The lowest BCUT2D eigenvalue weighted by Gasteiger charge is -2.33. The molecule has 1 saturated heterocycles. The van der Waals surface area contributed by atoms with E-state index in [4.69, 9.17) is 5.73 Å². The van der Waals surface area contributed by atoms with Gasteiger partial charge in [0.25, 0.3) is 0 Å². The molecule has 3 atom stereocenters. The van der Waals surface area contributed by atoms with Crippen molar-refractivity contribution in [3.05, 3.63) is 24.0 Å². The summed E-state index contributed by atoms with van der Waals surface area (Å²) in [5.74, 6) is 0.923. The number of rotatable bonds is 3. The molecule has 1 aliphatic carbocycles. The van der Waals surface area contributed by atoms with Crippen LogP contribution in [0.1, 0.15) is 57.2 Å². The first-order valence-corrected chi connectivity index (χ1v) is 7.77. The summed E-state index contributed by atoms with van der Waals surface area (Å²) in [4.78, 5) is 7.15. The second-order valence-electron chi connectivity index (χ2n) is 6.05. The van der Waals surface area contributed by atoms with Crippen molar-refractivity contribution in [3.8, 4) is 0 Å². The third kappa shape index (κ3) is 2.48. The molecule has 2 fully saturated rings. The quantitative estimate of drug-likeness (QED) is 0.906. The van der Waals surface area contributed by atoms with Crippen molar-refractivity contribution in [2.45, 2.75) is 57.5 Å². The molecule has 0 spiro atoms. The number of aromatic nitrogens is 1. The lowest BCUT2D eigenvalue weighted by atomic mass is 9.85. The highest BCUT2D eigenvalue weighted by Gasteiger charge is 2.35. The first-order chi connectivity index (χ1) is 9.29. The molecule has 1 aromatic heterocycles. The molecule has 2 heterocycles. The number of nitrogens with two attached hydrogens (primary N) is 1. The molecule has 0 bridgehead atoms. The highest BCUT2D eigenvalue weighted by Crippen LogP contribution is 2.38. The van der Waals surface area contributed by atoms with E-state index in [1.807, 2.05) is 6.20 Å². The summed E-state index contributed by atoms with van der Waals surface area (Å²) in [5.41, 5.74) is 8.34. The predicted octanol–water partition coefficient (Wildman–Crippen LogP) is 3.26. The molecule has 2 N–H and O–H groups in total. The third-order valence-corrected chi connectivity index (χ3v) is 4.93. The second-order valence-corrected chi connectivity index (χ2v) is 6.05. The van der Waals surface area contributed by atoms with E-state index in [1.165, 1.54) is 44.3 Å². The van der Waals surface area contributed by atoms with Crippen molar-refractivity contribution >= 4 is 5.69 Å². The molecule has 0 aromatic carbocycles. The maximum atomic E-state index is 6.03. The Kier molecular flexibility index (Phi) is 3.74. The van der Waals surface area contributed by atoms with E-state index in [2.05, 4.69) is 28.9 Å². The minimum absolute atomic E-state index is 0.0788. The maximum Gasteiger partial charge on any atom is 0.0572 e. The van der Waals surface area contributed by atoms with Gasteiger partial charge in [-0.1, -0.05) is 19.8 Å². The van der Waals surface area contributed by atoms with Crippen LogP contribution in [0.5, 0.6) is 0 Å². The summed E-state index contributed by atoms with van der Waals surface area (Å²) in [5, 5.41) is 0. The van der Waals surface area contributed by atoms with E-state index in [1.54, 1.807) is 0 Å². The number of pyridine rings is 1. The summed E-state index contributed by atoms with van der Waals surface area (Å²) in [6.45, 7) is 3.31. The lowest BCUT2D eigenvalue weighted by molar-refractivity contribution is 0.342. The van der Waals surface area contributed by atoms with Crippen LogP contribution in [0, 0.1) is 5.92 Å². The molecule has 2 aliphatic rings. The van der Waals surface area contributed by atoms with Crippen LogP contribution in [0.15, 0.2) is 18.3 Å². The second kappa shape index (κ2) is 5.49. The van der Waals surface area contributed by atoms with Gasteiger partial charge in [-0.3, -0.25) is 4.98 Å². The standard InChI is InChI=1S/C16H25N3/c1-2-14(17)15-8-7-13(11-18-15)19-10-9-12-5-3-4-6-16(12)19/h7-8,11-12,14,16H,2-6,9-10,17H2,1H3. The van der Waals surface area contributed by atoms with Crippen LogP contribution >= 0.6 is 0 Å². The summed E-state index contributed by atoms with van der Waals surface area (Å²) < 4.78 is 0. The van der Waals surface area contributed by atoms with Crippen LogP contribution in [-0.4, -0.2) is 17.6 Å². The first-order valence-electron chi connectivity index (χ1n) is 7.77. The van der Waals surface area contributed by atoms with Gasteiger partial charge in [0.1, 0.15) is 0 Å². The van der Waals surface area contributed by atoms with E-state index in [0.29, 0.717) is 0 Å². The zero-order chi connectivity index (χ0) is 13.2. The Morgan fingerprint density at radius 2 is 2.16 bits per heavy atom. The van der Waals surface area contributed by atoms with Gasteiger partial charge in [0.15, 0.2) is 0 Å². The van der Waals surface area contributed by atoms with Crippen molar-refractivity contribution in [2.24, 2.45) is 11.7 Å². The number of anilines is 1. The molecule has 0 amide bonds. The molecular weight excluding hydrogens is 234 g/mol. The molecule has 104 valence electrons. The molecule has 19 heavy (non-hydrogen) atoms. The average molecular weight is 259 g/mol. The van der Waals surface area contributed by atoms with Gasteiger partial charge in [-0.25, -0.2) is 0 Å². The number of hydrogen-bond acceptors (Lipinski definition) is 3. The van der Waals surface area contributed by atoms with Crippen molar-refractivity contribution in [3.63, 3.8) is 0 Å². The zero-order valence-corrected chi connectivity index (χ0v) is 11.9. The highest BCUT2D eigenvalue weighted by atomic mass is 15.2. The van der Waals surface area contributed by atoms with E-state index in [-0.39, 0.29) is 6.04 Å². The normalized spacial score (nSPS) is 28.2. The minimum atomic E-state index is 0.0788. The molecule has 3 nitrogen and oxygen atoms in total. The molecule has 3 unspecified atom stereocenters. The maximum absolute atomic E-state index is 6.03. The topological polar surface area (TPSA) is 42.1 Å². The minimum Gasteiger partial charge on any atom is -0.367 e. The van der Waals surface area contributed by atoms with E-state index in [9.17, 15) is 0 Å². The van der Waals surface area contributed by atoms with Gasteiger partial charge >= 0.3 is 0 Å².